The second kappa shape index (κ2) is 8.95. The second-order valence-corrected chi connectivity index (χ2v) is 9.76. The molecule has 1 aromatic carbocycles. The lowest BCUT2D eigenvalue weighted by Crippen LogP contribution is -2.42. The first-order valence-corrected chi connectivity index (χ1v) is 11.5. The minimum atomic E-state index is -0.153. The number of rotatable bonds is 4. The summed E-state index contributed by atoms with van der Waals surface area (Å²) in [4.78, 5) is 27.1. The average molecular weight is 424 g/mol. The number of fused-ring (bicyclic) bond motifs is 1. The van der Waals surface area contributed by atoms with Crippen molar-refractivity contribution in [2.45, 2.75) is 77.4 Å². The maximum absolute atomic E-state index is 13.1. The van der Waals surface area contributed by atoms with Gasteiger partial charge < -0.3 is 9.64 Å². The van der Waals surface area contributed by atoms with Crippen LogP contribution in [0, 0.1) is 0 Å². The lowest BCUT2D eigenvalue weighted by Gasteiger charge is -2.35. The molecule has 2 aromatic rings. The molecule has 6 nitrogen and oxygen atoms in total. The molecule has 6 heteroatoms. The quantitative estimate of drug-likeness (QED) is 0.814. The highest BCUT2D eigenvalue weighted by Crippen LogP contribution is 2.24. The summed E-state index contributed by atoms with van der Waals surface area (Å²) in [6.45, 7) is 7.66. The van der Waals surface area contributed by atoms with Gasteiger partial charge in [0.05, 0.1) is 17.4 Å². The highest BCUT2D eigenvalue weighted by molar-refractivity contribution is 5.94. The molecule has 1 fully saturated rings. The molecule has 2 aliphatic rings. The van der Waals surface area contributed by atoms with E-state index in [1.807, 2.05) is 29.2 Å². The normalized spacial score (nSPS) is 17.5. The van der Waals surface area contributed by atoms with E-state index in [2.05, 4.69) is 31.0 Å². The number of carbonyl (C=O) groups excluding carboxylic acids is 1. The van der Waals surface area contributed by atoms with Gasteiger partial charge in [-0.2, -0.15) is 5.10 Å². The van der Waals surface area contributed by atoms with Crippen molar-refractivity contribution in [3.63, 3.8) is 0 Å². The number of likely N-dealkylation sites (tertiary alicyclic amines) is 1. The van der Waals surface area contributed by atoms with E-state index in [1.165, 1.54) is 0 Å². The number of aromatic amines is 1. The van der Waals surface area contributed by atoms with Gasteiger partial charge in [0, 0.05) is 30.6 Å². The van der Waals surface area contributed by atoms with Crippen molar-refractivity contribution in [3.8, 4) is 0 Å². The summed E-state index contributed by atoms with van der Waals surface area (Å²) in [6, 6.07) is 7.83. The number of hydrogen-bond donors (Lipinski definition) is 1. The molecule has 1 saturated heterocycles. The monoisotopic (exact) mass is 423 g/mol. The molecular formula is C25H33N3O3. The van der Waals surface area contributed by atoms with Crippen molar-refractivity contribution in [1.29, 1.82) is 0 Å². The summed E-state index contributed by atoms with van der Waals surface area (Å²) in [6.07, 6.45) is 6.47. The highest BCUT2D eigenvalue weighted by atomic mass is 16.5. The SMILES string of the molecule is CC(C)(C)OC1CCN(C(=O)c2cccc(Cc3n[nH]c(=O)c4c3CCCC4)c2)CC1. The zero-order valence-electron chi connectivity index (χ0n) is 18.9. The number of hydrogen-bond acceptors (Lipinski definition) is 4. The number of ether oxygens (including phenoxy) is 1. The molecule has 4 rings (SSSR count). The summed E-state index contributed by atoms with van der Waals surface area (Å²) in [7, 11) is 0. The minimum absolute atomic E-state index is 0.0544. The van der Waals surface area contributed by atoms with Crippen LogP contribution in [-0.4, -0.2) is 45.8 Å². The number of amides is 1. The smallest absolute Gasteiger partial charge is 0.267 e. The van der Waals surface area contributed by atoms with Crippen molar-refractivity contribution in [3.05, 3.63) is 62.6 Å². The Balaban J connectivity index is 1.45. The van der Waals surface area contributed by atoms with E-state index in [9.17, 15) is 9.59 Å². The summed E-state index contributed by atoms with van der Waals surface area (Å²) >= 11 is 0. The number of H-pyrrole nitrogens is 1. The third-order valence-electron chi connectivity index (χ3n) is 6.18. The molecule has 0 radical (unpaired) electrons. The van der Waals surface area contributed by atoms with Gasteiger partial charge in [0.2, 0.25) is 0 Å². The first kappa shape index (κ1) is 21.8. The molecule has 0 atom stereocenters. The fourth-order valence-corrected chi connectivity index (χ4v) is 4.74. The van der Waals surface area contributed by atoms with Gasteiger partial charge in [-0.3, -0.25) is 9.59 Å². The Kier molecular flexibility index (Phi) is 6.28. The van der Waals surface area contributed by atoms with Crippen LogP contribution in [0.5, 0.6) is 0 Å². The lowest BCUT2D eigenvalue weighted by atomic mass is 9.90. The van der Waals surface area contributed by atoms with E-state index in [1.54, 1.807) is 0 Å². The first-order chi connectivity index (χ1) is 14.8. The van der Waals surface area contributed by atoms with Crippen molar-refractivity contribution < 1.29 is 9.53 Å². The molecule has 0 spiro atoms. The molecule has 1 aliphatic carbocycles. The Morgan fingerprint density at radius 2 is 1.87 bits per heavy atom. The molecule has 0 saturated carbocycles. The van der Waals surface area contributed by atoms with Crippen LogP contribution in [0.3, 0.4) is 0 Å². The van der Waals surface area contributed by atoms with Gasteiger partial charge >= 0.3 is 0 Å². The fraction of sp³-hybridized carbons (Fsp3) is 0.560. The highest BCUT2D eigenvalue weighted by Gasteiger charge is 2.27. The number of benzene rings is 1. The maximum Gasteiger partial charge on any atom is 0.267 e. The van der Waals surface area contributed by atoms with E-state index >= 15 is 0 Å². The van der Waals surface area contributed by atoms with Crippen molar-refractivity contribution in [1.82, 2.24) is 15.1 Å². The predicted octanol–water partition coefficient (Wildman–Crippen LogP) is 3.66. The van der Waals surface area contributed by atoms with Crippen LogP contribution in [0.4, 0.5) is 0 Å². The van der Waals surface area contributed by atoms with E-state index in [0.717, 1.165) is 74.0 Å². The molecule has 166 valence electrons. The molecular weight excluding hydrogens is 390 g/mol. The predicted molar refractivity (Wildman–Crippen MR) is 121 cm³/mol. The van der Waals surface area contributed by atoms with Gasteiger partial charge in [-0.15, -0.1) is 0 Å². The second-order valence-electron chi connectivity index (χ2n) is 9.76. The molecule has 1 aromatic heterocycles. The van der Waals surface area contributed by atoms with Crippen LogP contribution in [-0.2, 0) is 24.0 Å². The number of nitrogens with one attached hydrogen (secondary N) is 1. The number of aromatic nitrogens is 2. The van der Waals surface area contributed by atoms with E-state index < -0.39 is 0 Å². The average Bonchev–Trinajstić information content (AvgIpc) is 2.75. The Morgan fingerprint density at radius 1 is 1.16 bits per heavy atom. The molecule has 1 amide bonds. The Morgan fingerprint density at radius 3 is 2.58 bits per heavy atom. The van der Waals surface area contributed by atoms with Crippen LogP contribution >= 0.6 is 0 Å². The van der Waals surface area contributed by atoms with Crippen molar-refractivity contribution in [2.75, 3.05) is 13.1 Å². The summed E-state index contributed by atoms with van der Waals surface area (Å²) in [5.74, 6) is 0.0764. The van der Waals surface area contributed by atoms with Crippen molar-refractivity contribution in [2.24, 2.45) is 0 Å². The van der Waals surface area contributed by atoms with Gasteiger partial charge in [0.1, 0.15) is 0 Å². The van der Waals surface area contributed by atoms with Crippen LogP contribution in [0.15, 0.2) is 29.1 Å². The van der Waals surface area contributed by atoms with E-state index in [4.69, 9.17) is 4.74 Å². The van der Waals surface area contributed by atoms with E-state index in [0.29, 0.717) is 12.0 Å². The van der Waals surface area contributed by atoms with Crippen LogP contribution in [0.25, 0.3) is 0 Å². The Labute approximate surface area is 184 Å². The zero-order valence-corrected chi connectivity index (χ0v) is 18.9. The Bertz CT molecular complexity index is 998. The van der Waals surface area contributed by atoms with Gasteiger partial charge in [-0.25, -0.2) is 5.10 Å². The Hall–Kier alpha value is -2.47. The van der Waals surface area contributed by atoms with Crippen LogP contribution in [0.1, 0.15) is 79.2 Å². The molecule has 1 N–H and O–H groups in total. The summed E-state index contributed by atoms with van der Waals surface area (Å²) in [5, 5.41) is 7.01. The van der Waals surface area contributed by atoms with Gasteiger partial charge in [-0.05, 0) is 82.6 Å². The van der Waals surface area contributed by atoms with Crippen LogP contribution in [0.2, 0.25) is 0 Å². The summed E-state index contributed by atoms with van der Waals surface area (Å²) < 4.78 is 6.08. The van der Waals surface area contributed by atoms with E-state index in [-0.39, 0.29) is 23.2 Å². The molecule has 0 bridgehead atoms. The molecule has 2 heterocycles. The maximum atomic E-state index is 13.1. The number of nitrogens with zero attached hydrogens (tertiary/aromatic N) is 2. The number of carbonyl (C=O) groups is 1. The van der Waals surface area contributed by atoms with Gasteiger partial charge in [-0.1, -0.05) is 12.1 Å². The van der Waals surface area contributed by atoms with Gasteiger partial charge in [0.15, 0.2) is 0 Å². The summed E-state index contributed by atoms with van der Waals surface area (Å²) in [5.41, 5.74) is 4.48. The van der Waals surface area contributed by atoms with Crippen LogP contribution < -0.4 is 5.56 Å². The third-order valence-corrected chi connectivity index (χ3v) is 6.18. The lowest BCUT2D eigenvalue weighted by molar-refractivity contribution is -0.0791. The standard InChI is InChI=1S/C25H33N3O3/c1-25(2,3)31-19-11-13-28(14-12-19)24(30)18-8-6-7-17(15-18)16-22-20-9-4-5-10-21(20)23(29)27-26-22/h6-8,15,19H,4-5,9-14,16H2,1-3H3,(H,27,29). The third kappa shape index (κ3) is 5.24. The fourth-order valence-electron chi connectivity index (χ4n) is 4.74. The minimum Gasteiger partial charge on any atom is -0.372 e. The molecule has 31 heavy (non-hydrogen) atoms. The van der Waals surface area contributed by atoms with Crippen molar-refractivity contribution >= 4 is 5.91 Å². The largest absolute Gasteiger partial charge is 0.372 e. The number of piperidine rings is 1. The zero-order chi connectivity index (χ0) is 22.0. The molecule has 1 aliphatic heterocycles. The first-order valence-electron chi connectivity index (χ1n) is 11.5. The topological polar surface area (TPSA) is 75.3 Å². The van der Waals surface area contributed by atoms with Gasteiger partial charge in [0.25, 0.3) is 11.5 Å². The molecule has 0 unspecified atom stereocenters.